The van der Waals surface area contributed by atoms with Gasteiger partial charge in [0.05, 0.1) is 11.0 Å². The van der Waals surface area contributed by atoms with Gasteiger partial charge in [-0.3, -0.25) is 14.9 Å². The van der Waals surface area contributed by atoms with Crippen molar-refractivity contribution < 1.29 is 14.8 Å². The molecule has 6 nitrogen and oxygen atoms in total. The number of amides is 1. The molecule has 0 saturated carbocycles. The van der Waals surface area contributed by atoms with E-state index in [9.17, 15) is 20.0 Å². The molecule has 0 aliphatic carbocycles. The third kappa shape index (κ3) is 4.31. The van der Waals surface area contributed by atoms with Gasteiger partial charge in [0.25, 0.3) is 11.6 Å². The third-order valence-electron chi connectivity index (χ3n) is 3.49. The lowest BCUT2D eigenvalue weighted by Gasteiger charge is -2.14. The second-order valence-electron chi connectivity index (χ2n) is 5.57. The number of nitro benzene ring substituents is 1. The van der Waals surface area contributed by atoms with E-state index in [1.165, 1.54) is 12.1 Å². The maximum Gasteiger partial charge on any atom is 0.283 e. The van der Waals surface area contributed by atoms with Crippen LogP contribution in [-0.4, -0.2) is 22.5 Å². The molecule has 1 unspecified atom stereocenters. The van der Waals surface area contributed by atoms with Crippen molar-refractivity contribution in [3.8, 4) is 0 Å². The van der Waals surface area contributed by atoms with Gasteiger partial charge < -0.3 is 10.4 Å². The number of carbonyl (C=O) groups excluding carboxylic acids is 1. The molecule has 0 aromatic heterocycles. The fourth-order valence-electron chi connectivity index (χ4n) is 2.45. The minimum atomic E-state index is -0.904. The first-order valence-corrected chi connectivity index (χ1v) is 7.64. The molecule has 0 aliphatic heterocycles. The molecule has 1 atom stereocenters. The van der Waals surface area contributed by atoms with E-state index in [2.05, 4.69) is 5.32 Å². The van der Waals surface area contributed by atoms with Crippen LogP contribution in [0.3, 0.4) is 0 Å². The van der Waals surface area contributed by atoms with Crippen molar-refractivity contribution in [2.45, 2.75) is 20.0 Å². The van der Waals surface area contributed by atoms with Crippen LogP contribution in [0.2, 0.25) is 5.02 Å². The maximum absolute atomic E-state index is 12.2. The zero-order valence-electron chi connectivity index (χ0n) is 13.2. The van der Waals surface area contributed by atoms with Gasteiger partial charge in [0.2, 0.25) is 0 Å². The van der Waals surface area contributed by atoms with Crippen LogP contribution in [0, 0.1) is 24.0 Å². The van der Waals surface area contributed by atoms with Crippen LogP contribution in [0.4, 0.5) is 5.69 Å². The Morgan fingerprint density at radius 1 is 1.25 bits per heavy atom. The van der Waals surface area contributed by atoms with E-state index < -0.39 is 16.9 Å². The molecule has 0 aliphatic rings. The van der Waals surface area contributed by atoms with Crippen LogP contribution in [0.1, 0.15) is 33.2 Å². The highest BCUT2D eigenvalue weighted by molar-refractivity contribution is 6.31. The predicted octanol–water partition coefficient (Wildman–Crippen LogP) is 3.33. The average molecular weight is 349 g/mol. The number of rotatable bonds is 5. The summed E-state index contributed by atoms with van der Waals surface area (Å²) in [5, 5.41) is 23.9. The van der Waals surface area contributed by atoms with Gasteiger partial charge in [0, 0.05) is 17.6 Å². The first-order chi connectivity index (χ1) is 11.3. The van der Waals surface area contributed by atoms with E-state index in [4.69, 9.17) is 11.6 Å². The monoisotopic (exact) mass is 348 g/mol. The Morgan fingerprint density at radius 2 is 1.88 bits per heavy atom. The van der Waals surface area contributed by atoms with Gasteiger partial charge in [-0.25, -0.2) is 0 Å². The summed E-state index contributed by atoms with van der Waals surface area (Å²) >= 11 is 5.73. The van der Waals surface area contributed by atoms with Gasteiger partial charge in [0.1, 0.15) is 5.56 Å². The molecule has 24 heavy (non-hydrogen) atoms. The number of aryl methyl sites for hydroxylation is 2. The molecule has 2 rings (SSSR count). The lowest BCUT2D eigenvalue weighted by molar-refractivity contribution is -0.385. The lowest BCUT2D eigenvalue weighted by Crippen LogP contribution is -2.29. The van der Waals surface area contributed by atoms with Crippen molar-refractivity contribution >= 4 is 23.2 Å². The highest BCUT2D eigenvalue weighted by atomic mass is 35.5. The van der Waals surface area contributed by atoms with Crippen LogP contribution in [0.5, 0.6) is 0 Å². The van der Waals surface area contributed by atoms with Crippen LogP contribution in [0.15, 0.2) is 36.4 Å². The summed E-state index contributed by atoms with van der Waals surface area (Å²) in [5.41, 5.74) is 2.21. The largest absolute Gasteiger partial charge is 0.387 e. The zero-order chi connectivity index (χ0) is 17.9. The Morgan fingerprint density at radius 3 is 2.46 bits per heavy atom. The van der Waals surface area contributed by atoms with Crippen molar-refractivity contribution in [2.75, 3.05) is 6.54 Å². The molecule has 0 saturated heterocycles. The molecule has 2 aromatic rings. The number of carbonyl (C=O) groups is 1. The third-order valence-corrected chi connectivity index (χ3v) is 3.72. The van der Waals surface area contributed by atoms with Gasteiger partial charge >= 0.3 is 0 Å². The summed E-state index contributed by atoms with van der Waals surface area (Å²) in [6, 6.07) is 9.45. The molecular weight excluding hydrogens is 332 g/mol. The van der Waals surface area contributed by atoms with Crippen LogP contribution < -0.4 is 5.32 Å². The van der Waals surface area contributed by atoms with Gasteiger partial charge in [0.15, 0.2) is 0 Å². The van der Waals surface area contributed by atoms with Crippen molar-refractivity contribution in [3.63, 3.8) is 0 Å². The number of halogens is 1. The Hall–Kier alpha value is -2.44. The molecular formula is C17H17ClN2O4. The van der Waals surface area contributed by atoms with E-state index in [1.807, 2.05) is 32.0 Å². The summed E-state index contributed by atoms with van der Waals surface area (Å²) in [7, 11) is 0. The summed E-state index contributed by atoms with van der Waals surface area (Å²) < 4.78 is 0. The van der Waals surface area contributed by atoms with E-state index >= 15 is 0 Å². The van der Waals surface area contributed by atoms with E-state index in [-0.39, 0.29) is 22.8 Å². The Bertz CT molecular complexity index is 772. The van der Waals surface area contributed by atoms with E-state index in [0.717, 1.165) is 17.2 Å². The molecule has 0 fully saturated rings. The SMILES string of the molecule is Cc1cc(C)cc(C(O)CNC(=O)c2ccc(Cl)cc2[N+](=O)[O-])c1. The van der Waals surface area contributed by atoms with Crippen molar-refractivity contribution in [3.05, 3.63) is 73.8 Å². The second-order valence-corrected chi connectivity index (χ2v) is 6.00. The highest BCUT2D eigenvalue weighted by Crippen LogP contribution is 2.23. The normalized spacial score (nSPS) is 11.8. The van der Waals surface area contributed by atoms with Gasteiger partial charge in [-0.2, -0.15) is 0 Å². The van der Waals surface area contributed by atoms with Crippen molar-refractivity contribution in [2.24, 2.45) is 0 Å². The standard InChI is InChI=1S/C17H17ClN2O4/c1-10-5-11(2)7-12(6-10)16(21)9-19-17(22)14-4-3-13(18)8-15(14)20(23)24/h3-8,16,21H,9H2,1-2H3,(H,19,22). The molecule has 2 aromatic carbocycles. The summed E-state index contributed by atoms with van der Waals surface area (Å²) in [6.45, 7) is 3.78. The molecule has 0 heterocycles. The average Bonchev–Trinajstić information content (AvgIpc) is 2.51. The number of aliphatic hydroxyl groups is 1. The predicted molar refractivity (Wildman–Crippen MR) is 91.3 cm³/mol. The number of aliphatic hydroxyl groups excluding tert-OH is 1. The number of benzene rings is 2. The molecule has 1 amide bonds. The zero-order valence-corrected chi connectivity index (χ0v) is 14.0. The van der Waals surface area contributed by atoms with Crippen molar-refractivity contribution in [1.29, 1.82) is 0 Å². The fourth-order valence-corrected chi connectivity index (χ4v) is 2.62. The van der Waals surface area contributed by atoms with Gasteiger partial charge in [-0.1, -0.05) is 40.9 Å². The second kappa shape index (κ2) is 7.42. The maximum atomic E-state index is 12.2. The summed E-state index contributed by atoms with van der Waals surface area (Å²) in [5.74, 6) is -0.637. The quantitative estimate of drug-likeness (QED) is 0.640. The van der Waals surface area contributed by atoms with Gasteiger partial charge in [-0.05, 0) is 31.5 Å². The molecule has 2 N–H and O–H groups in total. The lowest BCUT2D eigenvalue weighted by atomic mass is 10.0. The van der Waals surface area contributed by atoms with Gasteiger partial charge in [-0.15, -0.1) is 0 Å². The van der Waals surface area contributed by atoms with E-state index in [1.54, 1.807) is 0 Å². The molecule has 126 valence electrons. The summed E-state index contributed by atoms with van der Waals surface area (Å²) in [4.78, 5) is 22.5. The van der Waals surface area contributed by atoms with Crippen molar-refractivity contribution in [1.82, 2.24) is 5.32 Å². The Kier molecular flexibility index (Phi) is 5.54. The first kappa shape index (κ1) is 17.9. The number of nitro groups is 1. The molecule has 0 radical (unpaired) electrons. The van der Waals surface area contributed by atoms with Crippen LogP contribution >= 0.6 is 11.6 Å². The topological polar surface area (TPSA) is 92.5 Å². The minimum Gasteiger partial charge on any atom is -0.387 e. The Balaban J connectivity index is 2.12. The van der Waals surface area contributed by atoms with E-state index in [0.29, 0.717) is 5.56 Å². The molecule has 0 bridgehead atoms. The summed E-state index contributed by atoms with van der Waals surface area (Å²) in [6.07, 6.45) is -0.904. The number of hydrogen-bond donors (Lipinski definition) is 2. The number of nitrogens with zero attached hydrogens (tertiary/aromatic N) is 1. The number of hydrogen-bond acceptors (Lipinski definition) is 4. The first-order valence-electron chi connectivity index (χ1n) is 7.26. The minimum absolute atomic E-state index is 0.0541. The number of nitrogens with one attached hydrogen (secondary N) is 1. The molecule has 0 spiro atoms. The Labute approximate surface area is 144 Å². The smallest absolute Gasteiger partial charge is 0.283 e. The van der Waals surface area contributed by atoms with Crippen LogP contribution in [0.25, 0.3) is 0 Å². The molecule has 7 heteroatoms. The highest BCUT2D eigenvalue weighted by Gasteiger charge is 2.21. The fraction of sp³-hybridized carbons (Fsp3) is 0.235. The van der Waals surface area contributed by atoms with Crippen LogP contribution in [-0.2, 0) is 0 Å².